The number of ether oxygens (including phenoxy) is 1. The van der Waals surface area contributed by atoms with E-state index in [1.165, 1.54) is 18.2 Å². The zero-order valence-electron chi connectivity index (χ0n) is 5.93. The number of benzene rings is 1. The van der Waals surface area contributed by atoms with E-state index >= 15 is 0 Å². The van der Waals surface area contributed by atoms with E-state index in [0.29, 0.717) is 0 Å². The Labute approximate surface area is 86.3 Å². The van der Waals surface area contributed by atoms with Crippen LogP contribution in [0.15, 0.2) is 24.3 Å². The molecule has 5 heteroatoms. The van der Waals surface area contributed by atoms with Crippen LogP contribution in [0.4, 0.5) is 13.2 Å². The van der Waals surface area contributed by atoms with Gasteiger partial charge in [0.2, 0.25) is 0 Å². The van der Waals surface area contributed by atoms with Crippen LogP contribution in [0.2, 0.25) is 0 Å². The summed E-state index contributed by atoms with van der Waals surface area (Å²) in [6.45, 7) is 0. The molecule has 1 radical (unpaired) electrons. The first-order valence-electron chi connectivity index (χ1n) is 2.80. The third-order valence-electron chi connectivity index (χ3n) is 0.912. The first kappa shape index (κ1) is 11.7. The number of hydrogen-bond donors (Lipinski definition) is 0. The summed E-state index contributed by atoms with van der Waals surface area (Å²) in [6.07, 6.45) is -4.62. The predicted octanol–water partition coefficient (Wildman–Crippen LogP) is 2.38. The summed E-state index contributed by atoms with van der Waals surface area (Å²) in [4.78, 5) is 0. The molecule has 0 aliphatic carbocycles. The Balaban J connectivity index is 0.00000121. The van der Waals surface area contributed by atoms with Crippen molar-refractivity contribution in [3.05, 3.63) is 30.3 Å². The maximum atomic E-state index is 11.5. The van der Waals surface area contributed by atoms with Crippen LogP contribution in [0.5, 0.6) is 5.75 Å². The maximum absolute atomic E-state index is 11.5. The van der Waals surface area contributed by atoms with Crippen molar-refractivity contribution in [3.63, 3.8) is 0 Å². The molecule has 0 heterocycles. The molecule has 0 amide bonds. The van der Waals surface area contributed by atoms with Crippen LogP contribution in [-0.4, -0.2) is 6.36 Å². The van der Waals surface area contributed by atoms with Gasteiger partial charge in [-0.3, -0.25) is 0 Å². The molecule has 1 nitrogen and oxygen atoms in total. The summed E-state index contributed by atoms with van der Waals surface area (Å²) in [7, 11) is 0. The molecule has 1 aromatic rings. The second-order valence-electron chi connectivity index (χ2n) is 1.79. The molecule has 0 aliphatic rings. The van der Waals surface area contributed by atoms with Gasteiger partial charge < -0.3 is 4.74 Å². The molecule has 0 atom stereocenters. The Hall–Kier alpha value is -0.320. The molecule has 0 aliphatic heterocycles. The van der Waals surface area contributed by atoms with Crippen molar-refractivity contribution in [2.45, 2.75) is 6.36 Å². The van der Waals surface area contributed by atoms with Crippen molar-refractivity contribution >= 4 is 0 Å². The minimum atomic E-state index is -4.62. The van der Waals surface area contributed by atoms with E-state index < -0.39 is 6.36 Å². The van der Waals surface area contributed by atoms with Gasteiger partial charge in [-0.1, -0.05) is 0 Å². The molecular weight excluding hydrogens is 202 g/mol. The van der Waals surface area contributed by atoms with Crippen LogP contribution in [0, 0.1) is 6.07 Å². The Bertz CT molecular complexity index is 222. The fourth-order valence-electron chi connectivity index (χ4n) is 0.574. The summed E-state index contributed by atoms with van der Waals surface area (Å²) in [5.74, 6) is -0.250. The number of rotatable bonds is 1. The first-order chi connectivity index (χ1) is 5.08. The monoisotopic (exact) mass is 206 g/mol. The number of alkyl halides is 3. The van der Waals surface area contributed by atoms with Gasteiger partial charge in [0.25, 0.3) is 0 Å². The molecule has 0 N–H and O–H groups in total. The van der Waals surface area contributed by atoms with Crippen molar-refractivity contribution in [1.29, 1.82) is 0 Å². The van der Waals surface area contributed by atoms with Gasteiger partial charge in [-0.2, -0.15) is 18.2 Å². The second kappa shape index (κ2) is 4.64. The predicted molar refractivity (Wildman–Crippen MR) is 32.0 cm³/mol. The molecule has 0 fully saturated rings. The fourth-order valence-corrected chi connectivity index (χ4v) is 0.574. The Morgan fingerprint density at radius 3 is 2.42 bits per heavy atom. The molecule has 0 aromatic heterocycles. The minimum absolute atomic E-state index is 0. The van der Waals surface area contributed by atoms with Crippen molar-refractivity contribution in [1.82, 2.24) is 0 Å². The normalized spacial score (nSPS) is 10.2. The summed E-state index contributed by atoms with van der Waals surface area (Å²) in [6, 6.07) is 7.70. The summed E-state index contributed by atoms with van der Waals surface area (Å²) in [5, 5.41) is 0. The molecular formula is C7H4F3OSc-. The van der Waals surface area contributed by atoms with Gasteiger partial charge in [0, 0.05) is 31.6 Å². The Morgan fingerprint density at radius 1 is 1.33 bits per heavy atom. The zero-order chi connectivity index (χ0) is 8.32. The average molecular weight is 206 g/mol. The van der Waals surface area contributed by atoms with Crippen LogP contribution in [-0.2, 0) is 25.8 Å². The zero-order valence-corrected chi connectivity index (χ0v) is 7.73. The summed E-state index contributed by atoms with van der Waals surface area (Å²) < 4.78 is 38.1. The molecule has 0 saturated carbocycles. The van der Waals surface area contributed by atoms with Crippen molar-refractivity contribution in [3.8, 4) is 5.75 Å². The third-order valence-corrected chi connectivity index (χ3v) is 0.912. The third kappa shape index (κ3) is 4.54. The molecule has 0 bridgehead atoms. The van der Waals surface area contributed by atoms with E-state index in [4.69, 9.17) is 0 Å². The fraction of sp³-hybridized carbons (Fsp3) is 0.143. The molecule has 12 heavy (non-hydrogen) atoms. The van der Waals surface area contributed by atoms with Gasteiger partial charge in [-0.05, 0) is 0 Å². The number of hydrogen-bond acceptors (Lipinski definition) is 1. The molecule has 1 aromatic carbocycles. The van der Waals surface area contributed by atoms with Crippen LogP contribution >= 0.6 is 0 Å². The molecule has 0 spiro atoms. The van der Waals surface area contributed by atoms with Crippen molar-refractivity contribution in [2.24, 2.45) is 0 Å². The average Bonchev–Trinajstić information content (AvgIpc) is 1.85. The van der Waals surface area contributed by atoms with Gasteiger partial charge in [0.1, 0.15) is 0 Å². The largest absolute Gasteiger partial charge is 0.561 e. The van der Waals surface area contributed by atoms with E-state index in [0.717, 1.165) is 6.07 Å². The maximum Gasteiger partial charge on any atom is 0.561 e. The smallest absolute Gasteiger partial charge is 0.470 e. The Morgan fingerprint density at radius 2 is 2.00 bits per heavy atom. The summed E-state index contributed by atoms with van der Waals surface area (Å²) in [5.41, 5.74) is 0. The van der Waals surface area contributed by atoms with E-state index in [-0.39, 0.29) is 31.6 Å². The van der Waals surface area contributed by atoms with Crippen LogP contribution in [0.25, 0.3) is 0 Å². The van der Waals surface area contributed by atoms with Crippen molar-refractivity contribution in [2.75, 3.05) is 0 Å². The topological polar surface area (TPSA) is 9.23 Å². The van der Waals surface area contributed by atoms with E-state index in [2.05, 4.69) is 10.8 Å². The number of halogens is 3. The van der Waals surface area contributed by atoms with Gasteiger partial charge in [0.15, 0.2) is 0 Å². The first-order valence-corrected chi connectivity index (χ1v) is 2.80. The standard InChI is InChI=1S/C7H4F3O.Sc/c8-7(9,10)11-6-4-2-1-3-5-6;/h1-2,4-5H;/q-1;. The summed E-state index contributed by atoms with van der Waals surface area (Å²) >= 11 is 0. The van der Waals surface area contributed by atoms with Crippen LogP contribution < -0.4 is 4.74 Å². The van der Waals surface area contributed by atoms with Gasteiger partial charge >= 0.3 is 6.36 Å². The Kier molecular flexibility index (Phi) is 4.52. The second-order valence-corrected chi connectivity index (χ2v) is 1.79. The SMILES string of the molecule is FC(F)(F)Oc1c[c-]ccc1.[Sc]. The molecule has 0 saturated heterocycles. The van der Waals surface area contributed by atoms with Gasteiger partial charge in [-0.25, -0.2) is 0 Å². The van der Waals surface area contributed by atoms with Gasteiger partial charge in [0.05, 0.1) is 0 Å². The van der Waals surface area contributed by atoms with Crippen LogP contribution in [0.1, 0.15) is 0 Å². The molecule has 63 valence electrons. The van der Waals surface area contributed by atoms with Crippen LogP contribution in [0.3, 0.4) is 0 Å². The van der Waals surface area contributed by atoms with E-state index in [1.807, 2.05) is 0 Å². The van der Waals surface area contributed by atoms with Crippen molar-refractivity contribution < 1.29 is 43.8 Å². The molecule has 1 rings (SSSR count). The van der Waals surface area contributed by atoms with E-state index in [9.17, 15) is 13.2 Å². The minimum Gasteiger partial charge on any atom is -0.470 e. The molecule has 0 unspecified atom stereocenters. The van der Waals surface area contributed by atoms with E-state index in [1.54, 1.807) is 0 Å². The van der Waals surface area contributed by atoms with Gasteiger partial charge in [-0.15, -0.1) is 25.3 Å². The quantitative estimate of drug-likeness (QED) is 0.641.